The van der Waals surface area contributed by atoms with Gasteiger partial charge in [-0.25, -0.2) is 0 Å². The molecule has 0 spiro atoms. The molecule has 102 valence electrons. The van der Waals surface area contributed by atoms with Crippen molar-refractivity contribution in [2.45, 2.75) is 13.3 Å². The first-order valence-electron chi connectivity index (χ1n) is 7.37. The third kappa shape index (κ3) is 1.97. The largest absolute Gasteiger partial charge is 0.134 e. The first-order valence-corrected chi connectivity index (χ1v) is 8.18. The molecule has 0 unspecified atom stereocenters. The van der Waals surface area contributed by atoms with Crippen LogP contribution >= 0.6 is 11.3 Å². The van der Waals surface area contributed by atoms with Crippen LogP contribution in [0.25, 0.3) is 31.3 Å². The Morgan fingerprint density at radius 2 is 1.43 bits per heavy atom. The molecular weight excluding hydrogens is 272 g/mol. The number of hydrogen-bond donors (Lipinski definition) is 0. The Labute approximate surface area is 128 Å². The summed E-state index contributed by atoms with van der Waals surface area (Å²) in [7, 11) is 0. The van der Waals surface area contributed by atoms with Crippen molar-refractivity contribution in [3.63, 3.8) is 0 Å². The summed E-state index contributed by atoms with van der Waals surface area (Å²) < 4.78 is 2.85. The smallest absolute Gasteiger partial charge is 0.0433 e. The van der Waals surface area contributed by atoms with Gasteiger partial charge in [-0.2, -0.15) is 0 Å². The van der Waals surface area contributed by atoms with E-state index in [-0.39, 0.29) is 0 Å². The van der Waals surface area contributed by atoms with E-state index in [0.29, 0.717) is 0 Å². The molecule has 1 heterocycles. The molecule has 0 nitrogen and oxygen atoms in total. The van der Waals surface area contributed by atoms with Gasteiger partial charge in [0.1, 0.15) is 0 Å². The fraction of sp³-hybridized carbons (Fsp3) is 0.100. The second-order valence-electron chi connectivity index (χ2n) is 5.30. The Hall–Kier alpha value is -2.12. The predicted octanol–water partition coefficient (Wildman–Crippen LogP) is 6.28. The Balaban J connectivity index is 2.11. The van der Waals surface area contributed by atoms with Crippen LogP contribution in [0.1, 0.15) is 12.5 Å². The lowest BCUT2D eigenvalue weighted by Crippen LogP contribution is -1.78. The van der Waals surface area contributed by atoms with E-state index in [2.05, 4.69) is 73.7 Å². The van der Waals surface area contributed by atoms with Crippen molar-refractivity contribution in [1.29, 1.82) is 0 Å². The highest BCUT2D eigenvalue weighted by molar-refractivity contribution is 7.26. The van der Waals surface area contributed by atoms with Crippen molar-refractivity contribution >= 4 is 31.5 Å². The molecule has 0 radical (unpaired) electrons. The summed E-state index contributed by atoms with van der Waals surface area (Å²) >= 11 is 1.93. The maximum absolute atomic E-state index is 2.25. The molecular formula is C20H16S. The number of benzene rings is 3. The van der Waals surface area contributed by atoms with Gasteiger partial charge in [-0.05, 0) is 23.1 Å². The molecule has 1 aromatic heterocycles. The van der Waals surface area contributed by atoms with Gasteiger partial charge in [-0.3, -0.25) is 0 Å². The SMILES string of the molecule is CCc1cccc2c1sc1c(-c3ccccc3)cccc12. The summed E-state index contributed by atoms with van der Waals surface area (Å²) in [5.74, 6) is 0. The zero-order valence-electron chi connectivity index (χ0n) is 12.0. The Kier molecular flexibility index (Phi) is 3.01. The lowest BCUT2D eigenvalue weighted by molar-refractivity contribution is 1.16. The van der Waals surface area contributed by atoms with Crippen LogP contribution in [0, 0.1) is 0 Å². The fourth-order valence-corrected chi connectivity index (χ4v) is 4.42. The maximum Gasteiger partial charge on any atom is 0.0433 e. The summed E-state index contributed by atoms with van der Waals surface area (Å²) in [4.78, 5) is 0. The number of rotatable bonds is 2. The first kappa shape index (κ1) is 12.6. The third-order valence-electron chi connectivity index (χ3n) is 4.07. The highest BCUT2D eigenvalue weighted by atomic mass is 32.1. The van der Waals surface area contributed by atoms with Gasteiger partial charge in [0.2, 0.25) is 0 Å². The molecule has 0 saturated heterocycles. The summed E-state index contributed by atoms with van der Waals surface area (Å²) in [5, 5.41) is 2.78. The number of thiophene rings is 1. The lowest BCUT2D eigenvalue weighted by atomic mass is 10.0. The van der Waals surface area contributed by atoms with Crippen molar-refractivity contribution in [1.82, 2.24) is 0 Å². The quantitative estimate of drug-likeness (QED) is 0.407. The molecule has 0 amide bonds. The number of hydrogen-bond acceptors (Lipinski definition) is 1. The normalized spacial score (nSPS) is 11.3. The zero-order chi connectivity index (χ0) is 14.2. The Morgan fingerprint density at radius 1 is 0.714 bits per heavy atom. The average molecular weight is 288 g/mol. The molecule has 1 heteroatoms. The van der Waals surface area contributed by atoms with E-state index in [1.165, 1.54) is 36.9 Å². The van der Waals surface area contributed by atoms with E-state index in [9.17, 15) is 0 Å². The second-order valence-corrected chi connectivity index (χ2v) is 6.32. The number of fused-ring (bicyclic) bond motifs is 3. The van der Waals surface area contributed by atoms with Crippen LogP contribution < -0.4 is 0 Å². The summed E-state index contributed by atoms with van der Waals surface area (Å²) in [6, 6.07) is 24.0. The summed E-state index contributed by atoms with van der Waals surface area (Å²) in [6.07, 6.45) is 1.09. The van der Waals surface area contributed by atoms with Gasteiger partial charge in [-0.1, -0.05) is 73.7 Å². The average Bonchev–Trinajstić information content (AvgIpc) is 2.94. The minimum atomic E-state index is 1.09. The molecule has 4 rings (SSSR count). The Bertz CT molecular complexity index is 917. The number of aryl methyl sites for hydroxylation is 1. The zero-order valence-corrected chi connectivity index (χ0v) is 12.8. The van der Waals surface area contributed by atoms with E-state index >= 15 is 0 Å². The molecule has 4 aromatic rings. The van der Waals surface area contributed by atoms with Gasteiger partial charge >= 0.3 is 0 Å². The monoisotopic (exact) mass is 288 g/mol. The first-order chi connectivity index (χ1) is 10.4. The molecule has 3 aromatic carbocycles. The van der Waals surface area contributed by atoms with E-state index in [1.54, 1.807) is 0 Å². The summed E-state index contributed by atoms with van der Waals surface area (Å²) in [5.41, 5.74) is 4.09. The highest BCUT2D eigenvalue weighted by Crippen LogP contribution is 2.41. The van der Waals surface area contributed by atoms with Crippen molar-refractivity contribution in [3.05, 3.63) is 72.3 Å². The second kappa shape index (κ2) is 5.01. The van der Waals surface area contributed by atoms with Crippen LogP contribution in [0.15, 0.2) is 66.7 Å². The predicted molar refractivity (Wildman–Crippen MR) is 94.1 cm³/mol. The Morgan fingerprint density at radius 3 is 2.19 bits per heavy atom. The van der Waals surface area contributed by atoms with Crippen molar-refractivity contribution in [2.24, 2.45) is 0 Å². The summed E-state index contributed by atoms with van der Waals surface area (Å²) in [6.45, 7) is 2.23. The lowest BCUT2D eigenvalue weighted by Gasteiger charge is -2.02. The van der Waals surface area contributed by atoms with Crippen LogP contribution in [0.4, 0.5) is 0 Å². The van der Waals surface area contributed by atoms with E-state index in [0.717, 1.165) is 6.42 Å². The third-order valence-corrected chi connectivity index (χ3v) is 5.40. The van der Waals surface area contributed by atoms with Crippen LogP contribution in [0.5, 0.6) is 0 Å². The molecule has 0 bridgehead atoms. The fourth-order valence-electron chi connectivity index (χ4n) is 3.00. The standard InChI is InChI=1S/C20H16S/c1-2-14-10-6-12-17-18-13-7-11-16(20(18)21-19(14)17)15-8-4-3-5-9-15/h3-13H,2H2,1H3. The minimum Gasteiger partial charge on any atom is -0.134 e. The topological polar surface area (TPSA) is 0 Å². The maximum atomic E-state index is 2.25. The molecule has 0 saturated carbocycles. The highest BCUT2D eigenvalue weighted by Gasteiger charge is 2.11. The molecule has 0 aliphatic heterocycles. The molecule has 21 heavy (non-hydrogen) atoms. The van der Waals surface area contributed by atoms with Crippen molar-refractivity contribution in [3.8, 4) is 11.1 Å². The molecule has 0 fully saturated rings. The van der Waals surface area contributed by atoms with Gasteiger partial charge in [0.25, 0.3) is 0 Å². The molecule has 0 N–H and O–H groups in total. The van der Waals surface area contributed by atoms with Gasteiger partial charge < -0.3 is 0 Å². The van der Waals surface area contributed by atoms with Gasteiger partial charge in [0.05, 0.1) is 0 Å². The van der Waals surface area contributed by atoms with E-state index < -0.39 is 0 Å². The van der Waals surface area contributed by atoms with Crippen LogP contribution in [0.2, 0.25) is 0 Å². The van der Waals surface area contributed by atoms with E-state index in [1.807, 2.05) is 11.3 Å². The van der Waals surface area contributed by atoms with E-state index in [4.69, 9.17) is 0 Å². The van der Waals surface area contributed by atoms with Crippen molar-refractivity contribution in [2.75, 3.05) is 0 Å². The minimum absolute atomic E-state index is 1.09. The van der Waals surface area contributed by atoms with Crippen LogP contribution in [-0.4, -0.2) is 0 Å². The molecule has 0 atom stereocenters. The van der Waals surface area contributed by atoms with Crippen molar-refractivity contribution < 1.29 is 0 Å². The van der Waals surface area contributed by atoms with Gasteiger partial charge in [0, 0.05) is 20.2 Å². The van der Waals surface area contributed by atoms with Gasteiger partial charge in [-0.15, -0.1) is 11.3 Å². The van der Waals surface area contributed by atoms with Gasteiger partial charge in [0.15, 0.2) is 0 Å². The molecule has 0 aliphatic carbocycles. The molecule has 0 aliphatic rings. The van der Waals surface area contributed by atoms with Crippen LogP contribution in [0.3, 0.4) is 0 Å². The van der Waals surface area contributed by atoms with Crippen LogP contribution in [-0.2, 0) is 6.42 Å².